The summed E-state index contributed by atoms with van der Waals surface area (Å²) >= 11 is 0. The molecule has 2 aliphatic rings. The number of morpholine rings is 1. The van der Waals surface area contributed by atoms with Gasteiger partial charge < -0.3 is 18.9 Å². The van der Waals surface area contributed by atoms with Gasteiger partial charge in [-0.25, -0.2) is 0 Å². The van der Waals surface area contributed by atoms with Gasteiger partial charge in [0.05, 0.1) is 19.8 Å². The highest BCUT2D eigenvalue weighted by atomic mass is 16.5. The second kappa shape index (κ2) is 10.9. The maximum absolute atomic E-state index is 12.9. The largest absolute Gasteiger partial charge is 0.381 e. The number of hydrogen-bond acceptors (Lipinski definition) is 7. The zero-order valence-electron chi connectivity index (χ0n) is 21.5. The number of benzene rings is 2. The van der Waals surface area contributed by atoms with Crippen LogP contribution < -0.4 is 0 Å². The molecule has 0 aliphatic carbocycles. The fourth-order valence-electron chi connectivity index (χ4n) is 5.08. The zero-order chi connectivity index (χ0) is 25.9. The molecule has 0 saturated carbocycles. The van der Waals surface area contributed by atoms with Crippen molar-refractivity contribution in [2.45, 2.75) is 32.2 Å². The molecular formula is C29H31N5O4. The maximum Gasteiger partial charge on any atom is 0.278 e. The summed E-state index contributed by atoms with van der Waals surface area (Å²) in [5, 5.41) is 8.92. The molecule has 4 aromatic rings. The smallest absolute Gasteiger partial charge is 0.278 e. The molecule has 0 spiro atoms. The normalized spacial score (nSPS) is 16.6. The number of ether oxygens (including phenoxy) is 2. The van der Waals surface area contributed by atoms with Crippen molar-refractivity contribution >= 4 is 5.91 Å². The van der Waals surface area contributed by atoms with E-state index >= 15 is 0 Å². The second-order valence-corrected chi connectivity index (χ2v) is 9.87. The van der Waals surface area contributed by atoms with Gasteiger partial charge in [-0.05, 0) is 55.0 Å². The fraction of sp³-hybridized carbons (Fsp3) is 0.379. The molecule has 0 atom stereocenters. The van der Waals surface area contributed by atoms with Gasteiger partial charge in [0.25, 0.3) is 11.8 Å². The number of nitrogens with zero attached hydrogens (tertiary/aromatic N) is 5. The van der Waals surface area contributed by atoms with Gasteiger partial charge in [0, 0.05) is 43.1 Å². The van der Waals surface area contributed by atoms with E-state index in [1.807, 2.05) is 46.8 Å². The molecule has 0 bridgehead atoms. The minimum absolute atomic E-state index is 0.0344. The summed E-state index contributed by atoms with van der Waals surface area (Å²) in [6.45, 7) is 6.58. The molecule has 0 N–H and O–H groups in total. The van der Waals surface area contributed by atoms with Crippen LogP contribution in [0.15, 0.2) is 59.1 Å². The van der Waals surface area contributed by atoms with Gasteiger partial charge in [0.15, 0.2) is 5.69 Å². The molecule has 6 rings (SSSR count). The molecule has 4 heterocycles. The van der Waals surface area contributed by atoms with Crippen molar-refractivity contribution in [3.8, 4) is 23.0 Å². The first kappa shape index (κ1) is 24.5. The molecule has 0 unspecified atom stereocenters. The predicted molar refractivity (Wildman–Crippen MR) is 141 cm³/mol. The summed E-state index contributed by atoms with van der Waals surface area (Å²) in [4.78, 5) is 19.3. The van der Waals surface area contributed by atoms with E-state index in [1.54, 1.807) is 0 Å². The van der Waals surface area contributed by atoms with Crippen molar-refractivity contribution < 1.29 is 18.8 Å². The molecule has 2 aliphatic heterocycles. The van der Waals surface area contributed by atoms with Gasteiger partial charge in [-0.15, -0.1) is 0 Å². The van der Waals surface area contributed by atoms with Crippen LogP contribution in [0.3, 0.4) is 0 Å². The first-order chi connectivity index (χ1) is 18.6. The van der Waals surface area contributed by atoms with E-state index in [0.29, 0.717) is 61.7 Å². The summed E-state index contributed by atoms with van der Waals surface area (Å²) in [5.74, 6) is 1.50. The van der Waals surface area contributed by atoms with E-state index in [0.717, 1.165) is 42.9 Å². The van der Waals surface area contributed by atoms with Gasteiger partial charge in [-0.3, -0.25) is 9.48 Å². The van der Waals surface area contributed by atoms with Gasteiger partial charge in [0.2, 0.25) is 5.82 Å². The van der Waals surface area contributed by atoms with Crippen molar-refractivity contribution in [2.24, 2.45) is 0 Å². The fourth-order valence-corrected chi connectivity index (χ4v) is 5.08. The molecule has 196 valence electrons. The van der Waals surface area contributed by atoms with E-state index in [9.17, 15) is 4.79 Å². The van der Waals surface area contributed by atoms with Crippen molar-refractivity contribution in [3.63, 3.8) is 0 Å². The topological polar surface area (TPSA) is 95.5 Å². The van der Waals surface area contributed by atoms with Gasteiger partial charge in [-0.1, -0.05) is 41.6 Å². The highest BCUT2D eigenvalue weighted by Crippen LogP contribution is 2.29. The van der Waals surface area contributed by atoms with Crippen LogP contribution in [0.5, 0.6) is 0 Å². The van der Waals surface area contributed by atoms with E-state index in [4.69, 9.17) is 19.1 Å². The Labute approximate surface area is 221 Å². The third-order valence-electron chi connectivity index (χ3n) is 7.29. The molecule has 38 heavy (non-hydrogen) atoms. The number of rotatable bonds is 6. The lowest BCUT2D eigenvalue weighted by molar-refractivity contribution is 0.0303. The average molecular weight is 514 g/mol. The Balaban J connectivity index is 1.15. The number of aryl methyl sites for hydroxylation is 1. The summed E-state index contributed by atoms with van der Waals surface area (Å²) in [7, 11) is 0. The molecule has 0 radical (unpaired) electrons. The summed E-state index contributed by atoms with van der Waals surface area (Å²) in [6.07, 6.45) is 2.12. The Kier molecular flexibility index (Phi) is 7.02. The van der Waals surface area contributed by atoms with Crippen molar-refractivity contribution in [1.82, 2.24) is 24.8 Å². The number of hydrogen-bond donors (Lipinski definition) is 0. The Morgan fingerprint density at radius 3 is 2.53 bits per heavy atom. The predicted octanol–water partition coefficient (Wildman–Crippen LogP) is 4.32. The highest BCUT2D eigenvalue weighted by molar-refractivity contribution is 5.94. The summed E-state index contributed by atoms with van der Waals surface area (Å²) < 4.78 is 18.3. The van der Waals surface area contributed by atoms with Gasteiger partial charge in [-0.2, -0.15) is 10.1 Å². The Morgan fingerprint density at radius 2 is 1.74 bits per heavy atom. The molecule has 2 saturated heterocycles. The lowest BCUT2D eigenvalue weighted by Gasteiger charge is -2.27. The van der Waals surface area contributed by atoms with Crippen LogP contribution in [-0.2, 0) is 16.0 Å². The number of aromatic nitrogens is 4. The molecule has 2 aromatic heterocycles. The second-order valence-electron chi connectivity index (χ2n) is 9.87. The quantitative estimate of drug-likeness (QED) is 0.379. The van der Waals surface area contributed by atoms with E-state index in [-0.39, 0.29) is 5.91 Å². The summed E-state index contributed by atoms with van der Waals surface area (Å²) in [5.41, 5.74) is 5.50. The molecular weight excluding hydrogens is 482 g/mol. The highest BCUT2D eigenvalue weighted by Gasteiger charge is 2.20. The van der Waals surface area contributed by atoms with Gasteiger partial charge >= 0.3 is 0 Å². The first-order valence-electron chi connectivity index (χ1n) is 13.2. The Bertz CT molecular complexity index is 1400. The minimum Gasteiger partial charge on any atom is -0.381 e. The van der Waals surface area contributed by atoms with Crippen LogP contribution in [-0.4, -0.2) is 70.2 Å². The van der Waals surface area contributed by atoms with Crippen molar-refractivity contribution in [3.05, 3.63) is 77.0 Å². The number of carbonyl (C=O) groups excluding carboxylic acids is 1. The Hall–Kier alpha value is -3.82. The zero-order valence-corrected chi connectivity index (χ0v) is 21.5. The SMILES string of the molecule is Cc1cc(-c2nc(-c3ccc(C4CCOCC4)cc3)no2)nn1Cc1cccc(C(=O)N2CCOCC2)c1. The standard InChI is InChI=1S/C29H31N5O4/c1-20-17-26(28-30-27(32-38-28)24-7-5-22(6-8-24)23-9-13-36-14-10-23)31-34(20)19-21-3-2-4-25(18-21)29(35)33-11-15-37-16-12-33/h2-8,17-18,23H,9-16,19H2,1H3. The van der Waals surface area contributed by atoms with E-state index < -0.39 is 0 Å². The maximum atomic E-state index is 12.9. The van der Waals surface area contributed by atoms with Crippen LogP contribution in [0.1, 0.15) is 45.9 Å². The van der Waals surface area contributed by atoms with E-state index in [2.05, 4.69) is 34.4 Å². The average Bonchev–Trinajstić information content (AvgIpc) is 3.61. The van der Waals surface area contributed by atoms with Crippen LogP contribution in [0.25, 0.3) is 23.0 Å². The van der Waals surface area contributed by atoms with Crippen LogP contribution >= 0.6 is 0 Å². The Morgan fingerprint density at radius 1 is 0.974 bits per heavy atom. The van der Waals surface area contributed by atoms with E-state index in [1.165, 1.54) is 5.56 Å². The minimum atomic E-state index is 0.0344. The first-order valence-corrected chi connectivity index (χ1v) is 13.2. The molecule has 2 aromatic carbocycles. The van der Waals surface area contributed by atoms with Crippen molar-refractivity contribution in [1.29, 1.82) is 0 Å². The number of amides is 1. The van der Waals surface area contributed by atoms with Crippen LogP contribution in [0, 0.1) is 6.92 Å². The van der Waals surface area contributed by atoms with Crippen molar-refractivity contribution in [2.75, 3.05) is 39.5 Å². The van der Waals surface area contributed by atoms with Crippen LogP contribution in [0.4, 0.5) is 0 Å². The third-order valence-corrected chi connectivity index (χ3v) is 7.29. The lowest BCUT2D eigenvalue weighted by Crippen LogP contribution is -2.40. The van der Waals surface area contributed by atoms with Gasteiger partial charge in [0.1, 0.15) is 0 Å². The number of carbonyl (C=O) groups is 1. The molecule has 2 fully saturated rings. The molecule has 9 nitrogen and oxygen atoms in total. The van der Waals surface area contributed by atoms with Crippen LogP contribution in [0.2, 0.25) is 0 Å². The molecule has 9 heteroatoms. The summed E-state index contributed by atoms with van der Waals surface area (Å²) in [6, 6.07) is 18.1. The lowest BCUT2D eigenvalue weighted by atomic mass is 9.91. The third kappa shape index (κ3) is 5.25. The monoisotopic (exact) mass is 513 g/mol. The molecule has 1 amide bonds.